The molecule has 14 heavy (non-hydrogen) atoms. The first kappa shape index (κ1) is 9.66. The second kappa shape index (κ2) is 4.09. The average Bonchev–Trinajstić information content (AvgIpc) is 2.66. The Hall–Kier alpha value is -0.890. The topological polar surface area (TPSA) is 26.0 Å². The van der Waals surface area contributed by atoms with Gasteiger partial charge in [-0.1, -0.05) is 12.1 Å². The normalized spacial score (nSPS) is 14.4. The lowest BCUT2D eigenvalue weighted by Crippen LogP contribution is -2.03. The predicted molar refractivity (Wildman–Crippen MR) is 55.8 cm³/mol. The maximum Gasteiger partial charge on any atom is 0.129 e. The summed E-state index contributed by atoms with van der Waals surface area (Å²) in [6, 6.07) is 4.01. The molecule has 0 fully saturated rings. The highest BCUT2D eigenvalue weighted by atomic mass is 19.1. The molecule has 2 heteroatoms. The molecule has 76 valence electrons. The number of hydrogen-bond donors (Lipinski definition) is 1. The minimum absolute atomic E-state index is 0.0356. The monoisotopic (exact) mass is 193 g/mol. The Morgan fingerprint density at radius 3 is 2.93 bits per heavy atom. The van der Waals surface area contributed by atoms with Crippen LogP contribution < -0.4 is 5.73 Å². The summed E-state index contributed by atoms with van der Waals surface area (Å²) in [6.07, 6.45) is 4.71. The second-order valence-electron chi connectivity index (χ2n) is 3.92. The Labute approximate surface area is 84.1 Å². The first-order valence-electron chi connectivity index (χ1n) is 5.32. The number of rotatable bonds is 3. The van der Waals surface area contributed by atoms with Gasteiger partial charge in [0.05, 0.1) is 0 Å². The van der Waals surface area contributed by atoms with Crippen molar-refractivity contribution in [2.24, 2.45) is 5.73 Å². The van der Waals surface area contributed by atoms with Crippen LogP contribution in [0.3, 0.4) is 0 Å². The third-order valence-corrected chi connectivity index (χ3v) is 2.94. The summed E-state index contributed by atoms with van der Waals surface area (Å²) >= 11 is 0. The summed E-state index contributed by atoms with van der Waals surface area (Å²) in [5, 5.41) is 0. The van der Waals surface area contributed by atoms with E-state index in [2.05, 4.69) is 6.07 Å². The summed E-state index contributed by atoms with van der Waals surface area (Å²) in [7, 11) is 0. The van der Waals surface area contributed by atoms with Crippen LogP contribution in [0.1, 0.15) is 29.5 Å². The van der Waals surface area contributed by atoms with Gasteiger partial charge in [-0.15, -0.1) is 0 Å². The second-order valence-corrected chi connectivity index (χ2v) is 3.92. The predicted octanol–water partition coefficient (Wildman–Crippen LogP) is 2.21. The van der Waals surface area contributed by atoms with Gasteiger partial charge in [0.15, 0.2) is 0 Å². The van der Waals surface area contributed by atoms with Crippen LogP contribution in [0.5, 0.6) is 0 Å². The van der Waals surface area contributed by atoms with Crippen molar-refractivity contribution < 1.29 is 4.39 Å². The molecular weight excluding hydrogens is 177 g/mol. The molecule has 1 aliphatic rings. The van der Waals surface area contributed by atoms with E-state index in [4.69, 9.17) is 5.73 Å². The van der Waals surface area contributed by atoms with Gasteiger partial charge in [0.2, 0.25) is 0 Å². The largest absolute Gasteiger partial charge is 0.330 e. The van der Waals surface area contributed by atoms with Crippen LogP contribution >= 0.6 is 0 Å². The van der Waals surface area contributed by atoms with Gasteiger partial charge < -0.3 is 5.73 Å². The Balaban J connectivity index is 2.26. The van der Waals surface area contributed by atoms with E-state index in [-0.39, 0.29) is 5.82 Å². The number of halogens is 1. The average molecular weight is 193 g/mol. The third-order valence-electron chi connectivity index (χ3n) is 2.94. The molecule has 1 aliphatic carbocycles. The number of hydrogen-bond acceptors (Lipinski definition) is 1. The highest BCUT2D eigenvalue weighted by molar-refractivity contribution is 5.37. The van der Waals surface area contributed by atoms with Crippen LogP contribution in [0.2, 0.25) is 0 Å². The molecule has 0 saturated heterocycles. The molecule has 0 radical (unpaired) electrons. The van der Waals surface area contributed by atoms with Crippen molar-refractivity contribution in [1.82, 2.24) is 0 Å². The van der Waals surface area contributed by atoms with Crippen LogP contribution in [0.4, 0.5) is 4.39 Å². The van der Waals surface area contributed by atoms with E-state index in [1.54, 1.807) is 0 Å². The minimum atomic E-state index is 0.0356. The van der Waals surface area contributed by atoms with Crippen LogP contribution in [0, 0.1) is 5.82 Å². The summed E-state index contributed by atoms with van der Waals surface area (Å²) in [5.41, 5.74) is 8.43. The number of nitrogens with two attached hydrogens (primary N) is 1. The van der Waals surface area contributed by atoms with Crippen molar-refractivity contribution in [3.05, 3.63) is 34.6 Å². The molecule has 0 aromatic heterocycles. The molecule has 0 spiro atoms. The van der Waals surface area contributed by atoms with E-state index in [0.29, 0.717) is 6.54 Å². The van der Waals surface area contributed by atoms with Gasteiger partial charge in [0.1, 0.15) is 5.82 Å². The lowest BCUT2D eigenvalue weighted by molar-refractivity contribution is 0.591. The zero-order valence-electron chi connectivity index (χ0n) is 8.35. The maximum absolute atomic E-state index is 13.9. The highest BCUT2D eigenvalue weighted by Crippen LogP contribution is 2.27. The summed E-state index contributed by atoms with van der Waals surface area (Å²) in [5.74, 6) is 0.0356. The summed E-state index contributed by atoms with van der Waals surface area (Å²) < 4.78 is 13.9. The van der Waals surface area contributed by atoms with Gasteiger partial charge in [-0.3, -0.25) is 0 Å². The molecule has 1 nitrogen and oxygen atoms in total. The maximum atomic E-state index is 13.9. The van der Waals surface area contributed by atoms with E-state index < -0.39 is 0 Å². The van der Waals surface area contributed by atoms with E-state index in [9.17, 15) is 4.39 Å². The fraction of sp³-hybridized carbons (Fsp3) is 0.500. The molecule has 0 bridgehead atoms. The minimum Gasteiger partial charge on any atom is -0.330 e. The lowest BCUT2D eigenvalue weighted by Gasteiger charge is -2.07. The molecule has 0 amide bonds. The van der Waals surface area contributed by atoms with Crippen LogP contribution in [0.25, 0.3) is 0 Å². The van der Waals surface area contributed by atoms with E-state index >= 15 is 0 Å². The number of fused-ring (bicyclic) bond motifs is 1. The Kier molecular flexibility index (Phi) is 2.82. The first-order chi connectivity index (χ1) is 6.83. The molecule has 2 N–H and O–H groups in total. The fourth-order valence-electron chi connectivity index (χ4n) is 2.16. The van der Waals surface area contributed by atoms with E-state index in [0.717, 1.165) is 43.2 Å². The van der Waals surface area contributed by atoms with Crippen molar-refractivity contribution in [2.45, 2.75) is 32.1 Å². The zero-order chi connectivity index (χ0) is 9.97. The summed E-state index contributed by atoms with van der Waals surface area (Å²) in [6.45, 7) is 0.635. The highest BCUT2D eigenvalue weighted by Gasteiger charge is 2.17. The Bertz CT molecular complexity index is 333. The van der Waals surface area contributed by atoms with E-state index in [1.165, 1.54) is 5.56 Å². The van der Waals surface area contributed by atoms with Crippen LogP contribution in [-0.2, 0) is 19.3 Å². The van der Waals surface area contributed by atoms with E-state index in [1.807, 2.05) is 6.07 Å². The van der Waals surface area contributed by atoms with Gasteiger partial charge in [0.25, 0.3) is 0 Å². The molecule has 0 unspecified atom stereocenters. The molecule has 0 saturated carbocycles. The molecule has 2 rings (SSSR count). The zero-order valence-corrected chi connectivity index (χ0v) is 8.35. The molecule has 1 aromatic carbocycles. The van der Waals surface area contributed by atoms with Crippen LogP contribution in [-0.4, -0.2) is 6.54 Å². The first-order valence-corrected chi connectivity index (χ1v) is 5.32. The van der Waals surface area contributed by atoms with Crippen molar-refractivity contribution in [3.8, 4) is 0 Å². The van der Waals surface area contributed by atoms with Gasteiger partial charge >= 0.3 is 0 Å². The number of aryl methyl sites for hydroxylation is 2. The quantitative estimate of drug-likeness (QED) is 0.782. The molecule has 1 aromatic rings. The van der Waals surface area contributed by atoms with Crippen molar-refractivity contribution in [1.29, 1.82) is 0 Å². The van der Waals surface area contributed by atoms with Crippen LogP contribution in [0.15, 0.2) is 12.1 Å². The van der Waals surface area contributed by atoms with Crippen molar-refractivity contribution in [2.75, 3.05) is 6.54 Å². The molecule has 0 heterocycles. The van der Waals surface area contributed by atoms with Gasteiger partial charge in [-0.25, -0.2) is 4.39 Å². The molecule has 0 aliphatic heterocycles. The standard InChI is InChI=1S/C12H16FN/c13-12-10(4-2-8-14)7-6-9-3-1-5-11(9)12/h6-7H,1-5,8,14H2. The molecular formula is C12H16FN. The van der Waals surface area contributed by atoms with Crippen molar-refractivity contribution >= 4 is 0 Å². The van der Waals surface area contributed by atoms with Gasteiger partial charge in [-0.05, 0) is 55.3 Å². The fourth-order valence-corrected chi connectivity index (χ4v) is 2.16. The third kappa shape index (κ3) is 1.67. The van der Waals surface area contributed by atoms with Crippen molar-refractivity contribution in [3.63, 3.8) is 0 Å². The van der Waals surface area contributed by atoms with Gasteiger partial charge in [-0.2, -0.15) is 0 Å². The smallest absolute Gasteiger partial charge is 0.129 e. The Morgan fingerprint density at radius 1 is 1.29 bits per heavy atom. The summed E-state index contributed by atoms with van der Waals surface area (Å²) in [4.78, 5) is 0. The molecule has 0 atom stereocenters. The lowest BCUT2D eigenvalue weighted by atomic mass is 10.0. The number of benzene rings is 1. The van der Waals surface area contributed by atoms with Gasteiger partial charge in [0, 0.05) is 0 Å². The Morgan fingerprint density at radius 2 is 2.14 bits per heavy atom. The SMILES string of the molecule is NCCCc1ccc2c(c1F)CCC2.